The first-order valence-electron chi connectivity index (χ1n) is 12.4. The molecule has 172 valence electrons. The molecule has 3 aromatic heterocycles. The predicted octanol–water partition coefficient (Wildman–Crippen LogP) is 9.64. The van der Waals surface area contributed by atoms with Crippen LogP contribution >= 0.6 is 11.3 Å². The summed E-state index contributed by atoms with van der Waals surface area (Å²) in [7, 11) is 0. The molecule has 8 aromatic rings. The number of benzene rings is 5. The second-order valence-corrected chi connectivity index (χ2v) is 10.4. The Bertz CT molecular complexity index is 2140. The summed E-state index contributed by atoms with van der Waals surface area (Å²) in [5, 5.41) is 5.97. The van der Waals surface area contributed by atoms with E-state index in [9.17, 15) is 0 Å². The van der Waals surface area contributed by atoms with Gasteiger partial charge in [-0.3, -0.25) is 0 Å². The molecule has 0 fully saturated rings. The van der Waals surface area contributed by atoms with Gasteiger partial charge >= 0.3 is 0 Å². The average molecular weight is 489 g/mol. The van der Waals surface area contributed by atoms with E-state index in [2.05, 4.69) is 121 Å². The Morgan fingerprint density at radius 2 is 1.24 bits per heavy atom. The monoisotopic (exact) mass is 488 g/mol. The fourth-order valence-electron chi connectivity index (χ4n) is 5.55. The van der Waals surface area contributed by atoms with Gasteiger partial charge in [-0.1, -0.05) is 103 Å². The second kappa shape index (κ2) is 7.95. The minimum Gasteiger partial charge on any atom is -0.245 e. The van der Waals surface area contributed by atoms with Gasteiger partial charge in [0, 0.05) is 47.5 Å². The number of fused-ring (bicyclic) bond motifs is 7. The molecule has 0 bridgehead atoms. The summed E-state index contributed by atoms with van der Waals surface area (Å²) in [6, 6.07) is 42.9. The van der Waals surface area contributed by atoms with Crippen LogP contribution < -0.4 is 0 Å². The molecule has 5 aromatic carbocycles. The molecule has 8 rings (SSSR count). The number of pyridine rings is 2. The number of thiophene rings is 1. The zero-order valence-corrected chi connectivity index (χ0v) is 20.7. The van der Waals surface area contributed by atoms with E-state index in [1.54, 1.807) is 0 Å². The minimum absolute atomic E-state index is 0.941. The Balaban J connectivity index is 1.46. The van der Waals surface area contributed by atoms with Crippen LogP contribution in [0.4, 0.5) is 0 Å². The average Bonchev–Trinajstić information content (AvgIpc) is 3.35. The molecule has 0 aliphatic rings. The summed E-state index contributed by atoms with van der Waals surface area (Å²) in [5.41, 5.74) is 7.42. The van der Waals surface area contributed by atoms with E-state index in [4.69, 9.17) is 9.97 Å². The molecule has 0 saturated carbocycles. The largest absolute Gasteiger partial charge is 0.245 e. The third kappa shape index (κ3) is 3.11. The molecule has 0 N–H and O–H groups in total. The number of rotatable bonds is 2. The maximum Gasteiger partial charge on any atom is 0.0978 e. The fraction of sp³-hybridized carbons (Fsp3) is 0. The van der Waals surface area contributed by atoms with Crippen molar-refractivity contribution in [2.24, 2.45) is 0 Å². The Hall–Kier alpha value is -4.60. The molecule has 0 saturated heterocycles. The van der Waals surface area contributed by atoms with Crippen molar-refractivity contribution in [1.82, 2.24) is 9.97 Å². The molecular weight excluding hydrogens is 468 g/mol. The zero-order chi connectivity index (χ0) is 24.3. The lowest BCUT2D eigenvalue weighted by atomic mass is 9.95. The molecule has 3 heteroatoms. The fourth-order valence-corrected chi connectivity index (χ4v) is 6.78. The van der Waals surface area contributed by atoms with Gasteiger partial charge in [-0.2, -0.15) is 0 Å². The molecule has 0 atom stereocenters. The van der Waals surface area contributed by atoms with Gasteiger partial charge in [0.05, 0.1) is 22.2 Å². The molecule has 0 amide bonds. The van der Waals surface area contributed by atoms with E-state index in [-0.39, 0.29) is 0 Å². The van der Waals surface area contributed by atoms with E-state index in [1.807, 2.05) is 11.3 Å². The van der Waals surface area contributed by atoms with Crippen molar-refractivity contribution in [2.75, 3.05) is 0 Å². The Morgan fingerprint density at radius 1 is 0.486 bits per heavy atom. The van der Waals surface area contributed by atoms with E-state index in [1.165, 1.54) is 36.9 Å². The van der Waals surface area contributed by atoms with Crippen LogP contribution in [0.25, 0.3) is 75.3 Å². The summed E-state index contributed by atoms with van der Waals surface area (Å²) in [6.07, 6.45) is 0. The number of aromatic nitrogens is 2. The van der Waals surface area contributed by atoms with Gasteiger partial charge in [-0.05, 0) is 23.8 Å². The van der Waals surface area contributed by atoms with Crippen LogP contribution in [0, 0.1) is 0 Å². The Morgan fingerprint density at radius 3 is 2.16 bits per heavy atom. The molecule has 0 unspecified atom stereocenters. The molecular formula is C34H20N2S. The summed E-state index contributed by atoms with van der Waals surface area (Å²) < 4.78 is 2.58. The van der Waals surface area contributed by atoms with Crippen molar-refractivity contribution in [1.29, 1.82) is 0 Å². The van der Waals surface area contributed by atoms with Crippen LogP contribution in [0.2, 0.25) is 0 Å². The van der Waals surface area contributed by atoms with Crippen LogP contribution in [0.3, 0.4) is 0 Å². The topological polar surface area (TPSA) is 25.8 Å². The minimum atomic E-state index is 0.941. The summed E-state index contributed by atoms with van der Waals surface area (Å²) in [6.45, 7) is 0. The highest BCUT2D eigenvalue weighted by molar-refractivity contribution is 7.26. The van der Waals surface area contributed by atoms with Crippen molar-refractivity contribution in [3.05, 3.63) is 121 Å². The first-order chi connectivity index (χ1) is 18.3. The SMILES string of the molecule is c1ccc(-c2c3ccccc3nc3c2ccc2ccc(-c4cccc5c4sc4ccccc45)nc23)cc1. The van der Waals surface area contributed by atoms with E-state index >= 15 is 0 Å². The molecule has 3 heterocycles. The van der Waals surface area contributed by atoms with Crippen LogP contribution in [-0.2, 0) is 0 Å². The number of nitrogens with zero attached hydrogens (tertiary/aromatic N) is 2. The van der Waals surface area contributed by atoms with Crippen molar-refractivity contribution in [2.45, 2.75) is 0 Å². The Kier molecular flexibility index (Phi) is 4.42. The first kappa shape index (κ1) is 20.6. The van der Waals surface area contributed by atoms with Gasteiger partial charge in [-0.15, -0.1) is 11.3 Å². The van der Waals surface area contributed by atoms with Gasteiger partial charge in [-0.25, -0.2) is 9.97 Å². The Labute approximate surface area is 217 Å². The van der Waals surface area contributed by atoms with Gasteiger partial charge in [0.25, 0.3) is 0 Å². The summed E-state index contributed by atoms with van der Waals surface area (Å²) in [4.78, 5) is 10.4. The zero-order valence-electron chi connectivity index (χ0n) is 19.8. The predicted molar refractivity (Wildman–Crippen MR) is 158 cm³/mol. The van der Waals surface area contributed by atoms with Gasteiger partial charge in [0.15, 0.2) is 0 Å². The number of hydrogen-bond acceptors (Lipinski definition) is 3. The highest BCUT2D eigenvalue weighted by Crippen LogP contribution is 2.41. The van der Waals surface area contributed by atoms with Crippen LogP contribution in [-0.4, -0.2) is 9.97 Å². The van der Waals surface area contributed by atoms with Gasteiger partial charge in [0.2, 0.25) is 0 Å². The van der Waals surface area contributed by atoms with Gasteiger partial charge in [0.1, 0.15) is 0 Å². The smallest absolute Gasteiger partial charge is 0.0978 e. The van der Waals surface area contributed by atoms with Crippen LogP contribution in [0.1, 0.15) is 0 Å². The standard InChI is InChI=1S/C34H20N2S/c1-2-9-21(10-3-1)31-25-12-4-6-15-28(25)36-33-27(31)19-17-22-18-20-29(35-32(22)33)26-14-8-13-24-23-11-5-7-16-30(23)37-34(24)26/h1-20H. The third-order valence-corrected chi connectivity index (χ3v) is 8.47. The molecule has 0 spiro atoms. The second-order valence-electron chi connectivity index (χ2n) is 9.38. The van der Waals surface area contributed by atoms with Crippen molar-refractivity contribution < 1.29 is 0 Å². The summed E-state index contributed by atoms with van der Waals surface area (Å²) >= 11 is 1.84. The normalized spacial score (nSPS) is 11.8. The van der Waals surface area contributed by atoms with E-state index in [0.29, 0.717) is 0 Å². The first-order valence-corrected chi connectivity index (χ1v) is 13.2. The lowest BCUT2D eigenvalue weighted by Gasteiger charge is -2.13. The lowest BCUT2D eigenvalue weighted by Crippen LogP contribution is -1.93. The molecule has 2 nitrogen and oxygen atoms in total. The van der Waals surface area contributed by atoms with Crippen LogP contribution in [0.15, 0.2) is 121 Å². The quantitative estimate of drug-likeness (QED) is 0.179. The van der Waals surface area contributed by atoms with E-state index < -0.39 is 0 Å². The molecule has 37 heavy (non-hydrogen) atoms. The van der Waals surface area contributed by atoms with Crippen molar-refractivity contribution in [3.8, 4) is 22.4 Å². The van der Waals surface area contributed by atoms with Crippen molar-refractivity contribution in [3.63, 3.8) is 0 Å². The summed E-state index contributed by atoms with van der Waals surface area (Å²) in [5.74, 6) is 0. The molecule has 0 aliphatic carbocycles. The molecule has 0 aliphatic heterocycles. The number of para-hydroxylation sites is 1. The highest BCUT2D eigenvalue weighted by Gasteiger charge is 2.16. The highest BCUT2D eigenvalue weighted by atomic mass is 32.1. The maximum atomic E-state index is 5.28. The third-order valence-electron chi connectivity index (χ3n) is 7.25. The maximum absolute atomic E-state index is 5.28. The van der Waals surface area contributed by atoms with Crippen LogP contribution in [0.5, 0.6) is 0 Å². The number of hydrogen-bond donors (Lipinski definition) is 0. The molecule has 0 radical (unpaired) electrons. The van der Waals surface area contributed by atoms with E-state index in [0.717, 1.165) is 38.4 Å². The lowest BCUT2D eigenvalue weighted by molar-refractivity contribution is 1.40. The van der Waals surface area contributed by atoms with Crippen molar-refractivity contribution >= 4 is 64.2 Å². The van der Waals surface area contributed by atoms with Gasteiger partial charge < -0.3 is 0 Å².